The molecule has 2 aromatic carbocycles. The fourth-order valence-electron chi connectivity index (χ4n) is 9.49. The molecule has 0 nitrogen and oxygen atoms in total. The van der Waals surface area contributed by atoms with E-state index in [2.05, 4.69) is 76.2 Å². The number of benzene rings is 2. The van der Waals surface area contributed by atoms with Crippen LogP contribution in [0.3, 0.4) is 0 Å². The summed E-state index contributed by atoms with van der Waals surface area (Å²) in [7, 11) is 0. The highest BCUT2D eigenvalue weighted by Gasteiger charge is 2.97. The summed E-state index contributed by atoms with van der Waals surface area (Å²) in [6.07, 6.45) is 16.2. The molecule has 2 atom stereocenters. The summed E-state index contributed by atoms with van der Waals surface area (Å²) >= 11 is 0. The standard InChI is InChI=1S/C32H44/c1-5-9-21-29-25-17-13-15-19-27(25)30(22-10-6-2)31(23-11-7-3,32(29,30)24-12-8-4)28-20-16-14-18-26(28)29/h13-20H,5-12,21-24H2,1-4H3. The Labute approximate surface area is 197 Å². The van der Waals surface area contributed by atoms with Gasteiger partial charge in [-0.1, -0.05) is 128 Å². The topological polar surface area (TPSA) is 0 Å². The normalized spacial score (nSPS) is 33.1. The molecule has 0 bridgehead atoms. The molecule has 0 aromatic heterocycles. The van der Waals surface area contributed by atoms with E-state index in [0.29, 0.717) is 16.2 Å². The molecule has 0 radical (unpaired) electrons. The molecule has 0 aliphatic heterocycles. The lowest BCUT2D eigenvalue weighted by Gasteiger charge is -2.40. The SMILES string of the molecule is CCCCC12c3ccccc3C3(CCCC)C(CCCC)(c4ccccc41)C23CCCC. The molecule has 3 aliphatic carbocycles. The van der Waals surface area contributed by atoms with Gasteiger partial charge < -0.3 is 0 Å². The van der Waals surface area contributed by atoms with Gasteiger partial charge in [0.05, 0.1) is 0 Å². The third-order valence-corrected chi connectivity index (χ3v) is 10.2. The number of fused-ring (bicyclic) bond motifs is 7. The zero-order valence-corrected chi connectivity index (χ0v) is 21.1. The lowest BCUT2D eigenvalue weighted by molar-refractivity contribution is 0.221. The van der Waals surface area contributed by atoms with Crippen molar-refractivity contribution < 1.29 is 0 Å². The first kappa shape index (κ1) is 22.2. The average molecular weight is 429 g/mol. The fourth-order valence-corrected chi connectivity index (χ4v) is 9.49. The number of hydrogen-bond acceptors (Lipinski definition) is 0. The molecule has 0 heteroatoms. The lowest BCUT2D eigenvalue weighted by atomic mass is 9.62. The van der Waals surface area contributed by atoms with Crippen molar-refractivity contribution in [2.24, 2.45) is 5.41 Å². The van der Waals surface area contributed by atoms with Crippen LogP contribution in [0.15, 0.2) is 48.5 Å². The van der Waals surface area contributed by atoms with Gasteiger partial charge in [0.15, 0.2) is 0 Å². The lowest BCUT2D eigenvalue weighted by Crippen LogP contribution is -2.37. The maximum Gasteiger partial charge on any atom is 0.0282 e. The van der Waals surface area contributed by atoms with Crippen molar-refractivity contribution in [1.29, 1.82) is 0 Å². The fraction of sp³-hybridized carbons (Fsp3) is 0.625. The van der Waals surface area contributed by atoms with E-state index in [1.807, 2.05) is 0 Å². The Hall–Kier alpha value is -1.56. The van der Waals surface area contributed by atoms with Gasteiger partial charge in [-0.25, -0.2) is 0 Å². The Morgan fingerprint density at radius 3 is 1.28 bits per heavy atom. The van der Waals surface area contributed by atoms with E-state index in [9.17, 15) is 0 Å². The highest BCUT2D eigenvalue weighted by Crippen LogP contribution is 2.97. The van der Waals surface area contributed by atoms with Gasteiger partial charge in [-0.2, -0.15) is 0 Å². The molecule has 172 valence electrons. The van der Waals surface area contributed by atoms with E-state index < -0.39 is 0 Å². The van der Waals surface area contributed by atoms with Crippen molar-refractivity contribution in [3.63, 3.8) is 0 Å². The van der Waals surface area contributed by atoms with Gasteiger partial charge in [-0.3, -0.25) is 0 Å². The van der Waals surface area contributed by atoms with Gasteiger partial charge in [0.2, 0.25) is 0 Å². The highest BCUT2D eigenvalue weighted by atomic mass is 15.0. The van der Waals surface area contributed by atoms with Crippen molar-refractivity contribution in [3.05, 3.63) is 70.8 Å². The van der Waals surface area contributed by atoms with E-state index in [1.165, 1.54) is 77.0 Å². The maximum atomic E-state index is 2.57. The third-order valence-electron chi connectivity index (χ3n) is 10.2. The van der Waals surface area contributed by atoms with Gasteiger partial charge >= 0.3 is 0 Å². The van der Waals surface area contributed by atoms with E-state index in [0.717, 1.165) is 0 Å². The second kappa shape index (κ2) is 8.03. The van der Waals surface area contributed by atoms with Crippen LogP contribution in [0.5, 0.6) is 0 Å². The third kappa shape index (κ3) is 2.21. The molecule has 0 spiro atoms. The van der Waals surface area contributed by atoms with Crippen LogP contribution in [-0.4, -0.2) is 0 Å². The minimum atomic E-state index is 0.229. The summed E-state index contributed by atoms with van der Waals surface area (Å²) in [6.45, 7) is 9.58. The van der Waals surface area contributed by atoms with Gasteiger partial charge in [0.25, 0.3) is 0 Å². The minimum Gasteiger partial charge on any atom is -0.0654 e. The molecule has 1 saturated carbocycles. The van der Waals surface area contributed by atoms with Crippen molar-refractivity contribution >= 4 is 0 Å². The van der Waals surface area contributed by atoms with Crippen LogP contribution >= 0.6 is 0 Å². The van der Waals surface area contributed by atoms with Gasteiger partial charge in [-0.15, -0.1) is 0 Å². The molecule has 0 saturated heterocycles. The molecule has 5 rings (SSSR count). The summed E-state index contributed by atoms with van der Waals surface area (Å²) in [5.41, 5.74) is 8.30. The van der Waals surface area contributed by atoms with Crippen LogP contribution in [0.2, 0.25) is 0 Å². The maximum absolute atomic E-state index is 2.57. The number of unbranched alkanes of at least 4 members (excludes halogenated alkanes) is 4. The highest BCUT2D eigenvalue weighted by molar-refractivity contribution is 5.79. The largest absolute Gasteiger partial charge is 0.0654 e. The Bertz CT molecular complexity index is 902. The second-order valence-electron chi connectivity index (χ2n) is 11.1. The van der Waals surface area contributed by atoms with Gasteiger partial charge in [-0.05, 0) is 47.9 Å². The number of rotatable bonds is 12. The zero-order chi connectivity index (χ0) is 22.5. The first-order valence-corrected chi connectivity index (χ1v) is 13.9. The molecular formula is C32H44. The van der Waals surface area contributed by atoms with E-state index >= 15 is 0 Å². The summed E-state index contributed by atoms with van der Waals surface area (Å²) < 4.78 is 0. The number of hydrogen-bond donors (Lipinski definition) is 0. The Balaban J connectivity index is 1.86. The molecule has 32 heavy (non-hydrogen) atoms. The summed E-state index contributed by atoms with van der Waals surface area (Å²) in [4.78, 5) is 0. The molecule has 0 amide bonds. The average Bonchev–Trinajstić information content (AvgIpc) is 3.20. The molecule has 0 heterocycles. The molecule has 2 aromatic rings. The molecule has 1 fully saturated rings. The Morgan fingerprint density at radius 1 is 0.469 bits per heavy atom. The van der Waals surface area contributed by atoms with Gasteiger partial charge in [0.1, 0.15) is 0 Å². The Morgan fingerprint density at radius 2 is 0.844 bits per heavy atom. The molecule has 3 aliphatic rings. The molecular weight excluding hydrogens is 384 g/mol. The van der Waals surface area contributed by atoms with Crippen LogP contribution in [0.4, 0.5) is 0 Å². The van der Waals surface area contributed by atoms with E-state index in [-0.39, 0.29) is 5.41 Å². The van der Waals surface area contributed by atoms with E-state index in [4.69, 9.17) is 0 Å². The second-order valence-corrected chi connectivity index (χ2v) is 11.1. The quantitative estimate of drug-likeness (QED) is 0.316. The summed E-state index contributed by atoms with van der Waals surface area (Å²) in [5.74, 6) is 0. The predicted molar refractivity (Wildman–Crippen MR) is 138 cm³/mol. The Kier molecular flexibility index (Phi) is 5.58. The predicted octanol–water partition coefficient (Wildman–Crippen LogP) is 9.24. The minimum absolute atomic E-state index is 0.229. The first-order valence-electron chi connectivity index (χ1n) is 13.9. The van der Waals surface area contributed by atoms with Crippen LogP contribution in [0.25, 0.3) is 0 Å². The van der Waals surface area contributed by atoms with Crippen molar-refractivity contribution in [2.75, 3.05) is 0 Å². The van der Waals surface area contributed by atoms with Crippen LogP contribution in [0, 0.1) is 5.41 Å². The van der Waals surface area contributed by atoms with Crippen LogP contribution < -0.4 is 0 Å². The summed E-state index contributed by atoms with van der Waals surface area (Å²) in [5, 5.41) is 0. The van der Waals surface area contributed by atoms with E-state index in [1.54, 1.807) is 22.3 Å². The van der Waals surface area contributed by atoms with Crippen LogP contribution in [0.1, 0.15) is 127 Å². The zero-order valence-electron chi connectivity index (χ0n) is 21.1. The van der Waals surface area contributed by atoms with Crippen LogP contribution in [-0.2, 0) is 16.2 Å². The van der Waals surface area contributed by atoms with Gasteiger partial charge in [0, 0.05) is 21.7 Å². The van der Waals surface area contributed by atoms with Crippen molar-refractivity contribution in [1.82, 2.24) is 0 Å². The molecule has 0 N–H and O–H groups in total. The molecule has 2 unspecified atom stereocenters. The summed E-state index contributed by atoms with van der Waals surface area (Å²) in [6, 6.07) is 19.6. The first-order chi connectivity index (χ1) is 15.7. The van der Waals surface area contributed by atoms with Crippen molar-refractivity contribution in [3.8, 4) is 0 Å². The smallest absolute Gasteiger partial charge is 0.0282 e. The monoisotopic (exact) mass is 428 g/mol. The van der Waals surface area contributed by atoms with Crippen molar-refractivity contribution in [2.45, 2.75) is 121 Å².